The van der Waals surface area contributed by atoms with Crippen molar-refractivity contribution in [3.8, 4) is 22.0 Å². The fourth-order valence-electron chi connectivity index (χ4n) is 1.73. The number of benzene rings is 1. The Bertz CT molecular complexity index is 778. The van der Waals surface area contributed by atoms with Crippen LogP contribution in [0.2, 0.25) is 0 Å². The van der Waals surface area contributed by atoms with Crippen molar-refractivity contribution in [1.29, 1.82) is 0 Å². The van der Waals surface area contributed by atoms with Gasteiger partial charge in [-0.05, 0) is 6.07 Å². The third-order valence-electron chi connectivity index (χ3n) is 2.71. The van der Waals surface area contributed by atoms with Crippen molar-refractivity contribution in [2.45, 2.75) is 0 Å². The van der Waals surface area contributed by atoms with Gasteiger partial charge < -0.3 is 9.52 Å². The zero-order valence-corrected chi connectivity index (χ0v) is 12.4. The van der Waals surface area contributed by atoms with Crippen molar-refractivity contribution in [2.24, 2.45) is 0 Å². The van der Waals surface area contributed by atoms with Gasteiger partial charge in [-0.25, -0.2) is 9.78 Å². The molecule has 2 heterocycles. The molecule has 0 aliphatic heterocycles. The summed E-state index contributed by atoms with van der Waals surface area (Å²) < 4.78 is 6.21. The van der Waals surface area contributed by atoms with Crippen LogP contribution in [0.15, 0.2) is 50.9 Å². The lowest BCUT2D eigenvalue weighted by molar-refractivity contribution is 0.0696. The molecule has 3 rings (SSSR count). The van der Waals surface area contributed by atoms with E-state index in [2.05, 4.69) is 20.9 Å². The zero-order chi connectivity index (χ0) is 14.1. The Morgan fingerprint density at radius 2 is 2.15 bits per heavy atom. The first-order chi connectivity index (χ1) is 9.65. The van der Waals surface area contributed by atoms with E-state index in [1.165, 1.54) is 23.7 Å². The summed E-state index contributed by atoms with van der Waals surface area (Å²) in [6, 6.07) is 9.27. The third kappa shape index (κ3) is 2.39. The molecule has 0 aliphatic carbocycles. The fourth-order valence-corrected chi connectivity index (χ4v) is 3.18. The quantitative estimate of drug-likeness (QED) is 0.754. The van der Waals surface area contributed by atoms with Crippen LogP contribution in [0.3, 0.4) is 0 Å². The van der Waals surface area contributed by atoms with Gasteiger partial charge in [0.15, 0.2) is 5.76 Å². The number of aromatic carboxylic acids is 1. The molecule has 0 spiro atoms. The number of halogens is 1. The average molecular weight is 350 g/mol. The smallest absolute Gasteiger partial charge is 0.338 e. The second-order valence-electron chi connectivity index (χ2n) is 4.02. The molecule has 1 aromatic carbocycles. The number of carboxylic acids is 1. The summed E-state index contributed by atoms with van der Waals surface area (Å²) in [5.74, 6) is -0.557. The molecule has 0 bridgehead atoms. The number of hydrogen-bond acceptors (Lipinski definition) is 4. The largest absolute Gasteiger partial charge is 0.478 e. The molecular weight excluding hydrogens is 342 g/mol. The van der Waals surface area contributed by atoms with Gasteiger partial charge in [-0.3, -0.25) is 0 Å². The van der Waals surface area contributed by atoms with Crippen LogP contribution in [0.5, 0.6) is 0 Å². The molecule has 0 unspecified atom stereocenters. The van der Waals surface area contributed by atoms with Crippen molar-refractivity contribution in [3.05, 3.63) is 52.0 Å². The van der Waals surface area contributed by atoms with Crippen molar-refractivity contribution in [3.63, 3.8) is 0 Å². The molecule has 100 valence electrons. The number of carboxylic acid groups (broad SMARTS) is 1. The molecule has 1 N–H and O–H groups in total. The zero-order valence-electron chi connectivity index (χ0n) is 10.0. The predicted octanol–water partition coefficient (Wildman–Crippen LogP) is 4.53. The lowest BCUT2D eigenvalue weighted by atomic mass is 10.2. The monoisotopic (exact) mass is 349 g/mol. The van der Waals surface area contributed by atoms with Crippen LogP contribution in [-0.4, -0.2) is 16.1 Å². The van der Waals surface area contributed by atoms with Gasteiger partial charge in [-0.15, -0.1) is 11.3 Å². The van der Waals surface area contributed by atoms with Crippen molar-refractivity contribution >= 4 is 33.2 Å². The van der Waals surface area contributed by atoms with Gasteiger partial charge in [0.25, 0.3) is 0 Å². The number of furan rings is 1. The highest BCUT2D eigenvalue weighted by atomic mass is 79.9. The molecule has 0 saturated heterocycles. The summed E-state index contributed by atoms with van der Waals surface area (Å²) in [4.78, 5) is 15.3. The highest BCUT2D eigenvalue weighted by Crippen LogP contribution is 2.33. The Labute approximate surface area is 126 Å². The second kappa shape index (κ2) is 5.22. The Hall–Kier alpha value is -1.92. The van der Waals surface area contributed by atoms with E-state index < -0.39 is 5.97 Å². The molecule has 0 saturated carbocycles. The fraction of sp³-hybridized carbons (Fsp3) is 0. The Morgan fingerprint density at radius 3 is 2.85 bits per heavy atom. The van der Waals surface area contributed by atoms with Gasteiger partial charge in [-0.1, -0.05) is 34.1 Å². The molecule has 0 fully saturated rings. The summed E-state index contributed by atoms with van der Waals surface area (Å²) in [6.45, 7) is 0. The minimum Gasteiger partial charge on any atom is -0.478 e. The minimum absolute atomic E-state index is 0.121. The maximum atomic E-state index is 10.8. The van der Waals surface area contributed by atoms with E-state index in [4.69, 9.17) is 9.52 Å². The van der Waals surface area contributed by atoms with E-state index >= 15 is 0 Å². The lowest BCUT2D eigenvalue weighted by Crippen LogP contribution is -1.91. The van der Waals surface area contributed by atoms with E-state index in [9.17, 15) is 4.79 Å². The second-order valence-corrected chi connectivity index (χ2v) is 5.73. The van der Waals surface area contributed by atoms with Gasteiger partial charge in [0, 0.05) is 21.5 Å². The first-order valence-corrected chi connectivity index (χ1v) is 7.35. The maximum Gasteiger partial charge on any atom is 0.338 e. The molecule has 0 aliphatic rings. The van der Waals surface area contributed by atoms with Crippen LogP contribution in [0, 0.1) is 0 Å². The first-order valence-electron chi connectivity index (χ1n) is 5.68. The van der Waals surface area contributed by atoms with Gasteiger partial charge in [0.2, 0.25) is 0 Å². The van der Waals surface area contributed by atoms with Crippen LogP contribution in [0.25, 0.3) is 22.0 Å². The summed E-state index contributed by atoms with van der Waals surface area (Å²) in [6.07, 6.45) is 1.22. The molecule has 4 nitrogen and oxygen atoms in total. The standard InChI is InChI=1S/C14H8BrNO3S/c15-10-4-2-1-3-9(10)13-16-11(7-20-13)12-5-8(6-19-12)14(17)18/h1-7H,(H,17,18). The molecular formula is C14H8BrNO3S. The number of nitrogens with zero attached hydrogens (tertiary/aromatic N) is 1. The van der Waals surface area contributed by atoms with Crippen LogP contribution >= 0.6 is 27.3 Å². The molecule has 6 heteroatoms. The highest BCUT2D eigenvalue weighted by Gasteiger charge is 2.14. The number of thiazole rings is 1. The summed E-state index contributed by atoms with van der Waals surface area (Å²) in [7, 11) is 0. The molecule has 20 heavy (non-hydrogen) atoms. The first kappa shape index (κ1) is 13.1. The Balaban J connectivity index is 1.98. The summed E-state index contributed by atoms with van der Waals surface area (Å²) in [5.41, 5.74) is 1.75. The molecule has 0 radical (unpaired) electrons. The van der Waals surface area contributed by atoms with Crippen LogP contribution in [0.1, 0.15) is 10.4 Å². The van der Waals surface area contributed by atoms with Crippen LogP contribution < -0.4 is 0 Å². The van der Waals surface area contributed by atoms with Gasteiger partial charge in [0.05, 0.1) is 5.56 Å². The van der Waals surface area contributed by atoms with Crippen molar-refractivity contribution in [2.75, 3.05) is 0 Å². The van der Waals surface area contributed by atoms with Crippen LogP contribution in [0.4, 0.5) is 0 Å². The topological polar surface area (TPSA) is 63.3 Å². The van der Waals surface area contributed by atoms with E-state index in [1.807, 2.05) is 29.6 Å². The van der Waals surface area contributed by atoms with Crippen LogP contribution in [-0.2, 0) is 0 Å². The number of aromatic nitrogens is 1. The molecule has 3 aromatic rings. The van der Waals surface area contributed by atoms with Gasteiger partial charge in [0.1, 0.15) is 17.0 Å². The average Bonchev–Trinajstić information content (AvgIpc) is 3.08. The van der Waals surface area contributed by atoms with Crippen molar-refractivity contribution in [1.82, 2.24) is 4.98 Å². The van der Waals surface area contributed by atoms with Gasteiger partial charge in [-0.2, -0.15) is 0 Å². The minimum atomic E-state index is -1.01. The Morgan fingerprint density at radius 1 is 1.35 bits per heavy atom. The SMILES string of the molecule is O=C(O)c1coc(-c2csc(-c3ccccc3Br)n2)c1. The lowest BCUT2D eigenvalue weighted by Gasteiger charge is -1.98. The third-order valence-corrected chi connectivity index (χ3v) is 4.27. The highest BCUT2D eigenvalue weighted by molar-refractivity contribution is 9.10. The number of rotatable bonds is 3. The predicted molar refractivity (Wildman–Crippen MR) is 79.9 cm³/mol. The van der Waals surface area contributed by atoms with E-state index in [0.29, 0.717) is 11.5 Å². The Kier molecular flexibility index (Phi) is 3.42. The molecule has 2 aromatic heterocycles. The van der Waals surface area contributed by atoms with E-state index in [0.717, 1.165) is 15.0 Å². The molecule has 0 amide bonds. The summed E-state index contributed by atoms with van der Waals surface area (Å²) in [5, 5.41) is 11.6. The van der Waals surface area contributed by atoms with Crippen molar-refractivity contribution < 1.29 is 14.3 Å². The maximum absolute atomic E-state index is 10.8. The van der Waals surface area contributed by atoms with Gasteiger partial charge >= 0.3 is 5.97 Å². The normalized spacial score (nSPS) is 10.7. The number of hydrogen-bond donors (Lipinski definition) is 1. The molecule has 0 atom stereocenters. The summed E-state index contributed by atoms with van der Waals surface area (Å²) >= 11 is 4.97. The van der Waals surface area contributed by atoms with E-state index in [1.54, 1.807) is 0 Å². The number of carbonyl (C=O) groups is 1. The van der Waals surface area contributed by atoms with E-state index in [-0.39, 0.29) is 5.56 Å².